The Morgan fingerprint density at radius 3 is 2.63 bits per heavy atom. The van der Waals surface area contributed by atoms with Gasteiger partial charge < -0.3 is 5.32 Å². The molecule has 1 rings (SSSR count). The van der Waals surface area contributed by atoms with E-state index in [0.717, 1.165) is 3.57 Å². The van der Waals surface area contributed by atoms with Crippen molar-refractivity contribution in [2.45, 2.75) is 25.4 Å². The van der Waals surface area contributed by atoms with E-state index in [2.05, 4.69) is 5.32 Å². The van der Waals surface area contributed by atoms with Gasteiger partial charge in [0.2, 0.25) is 0 Å². The Hall–Kier alpha value is -0.500. The summed E-state index contributed by atoms with van der Waals surface area (Å²) < 4.78 is 36.4. The number of halogens is 5. The second kappa shape index (κ2) is 7.33. The summed E-state index contributed by atoms with van der Waals surface area (Å²) in [6, 6.07) is 4.92. The van der Waals surface area contributed by atoms with Crippen LogP contribution >= 0.6 is 34.2 Å². The highest BCUT2D eigenvalue weighted by Gasteiger charge is 2.25. The number of unbranched alkanes of at least 4 members (excludes halogenated alkanes) is 1. The monoisotopic (exact) mass is 405 g/mol. The van der Waals surface area contributed by atoms with Crippen molar-refractivity contribution in [3.63, 3.8) is 0 Å². The summed E-state index contributed by atoms with van der Waals surface area (Å²) >= 11 is 7.79. The normalized spacial score (nSPS) is 11.4. The number of rotatable bonds is 5. The molecule has 106 valence electrons. The second-order valence-corrected chi connectivity index (χ2v) is 5.55. The summed E-state index contributed by atoms with van der Waals surface area (Å²) in [6.45, 7) is 0.220. The van der Waals surface area contributed by atoms with Crippen molar-refractivity contribution in [2.24, 2.45) is 0 Å². The predicted molar refractivity (Wildman–Crippen MR) is 76.4 cm³/mol. The van der Waals surface area contributed by atoms with Crippen LogP contribution in [-0.4, -0.2) is 18.6 Å². The Bertz CT molecular complexity index is 451. The maximum Gasteiger partial charge on any atom is 0.389 e. The van der Waals surface area contributed by atoms with Crippen LogP contribution in [0.2, 0.25) is 5.02 Å². The van der Waals surface area contributed by atoms with E-state index in [-0.39, 0.29) is 18.9 Å². The minimum Gasteiger partial charge on any atom is -0.352 e. The van der Waals surface area contributed by atoms with Gasteiger partial charge in [0.1, 0.15) is 0 Å². The maximum absolute atomic E-state index is 11.9. The smallest absolute Gasteiger partial charge is 0.352 e. The molecule has 0 saturated carbocycles. The van der Waals surface area contributed by atoms with Crippen LogP contribution in [0.15, 0.2) is 18.2 Å². The first kappa shape index (κ1) is 16.6. The molecular weight excluding hydrogens is 393 g/mol. The van der Waals surface area contributed by atoms with Crippen molar-refractivity contribution < 1.29 is 18.0 Å². The van der Waals surface area contributed by atoms with Crippen LogP contribution in [0.1, 0.15) is 29.6 Å². The van der Waals surface area contributed by atoms with E-state index in [9.17, 15) is 18.0 Å². The molecule has 0 aliphatic rings. The number of hydrogen-bond acceptors (Lipinski definition) is 1. The summed E-state index contributed by atoms with van der Waals surface area (Å²) in [4.78, 5) is 11.8. The molecule has 0 aliphatic carbocycles. The molecule has 1 N–H and O–H groups in total. The van der Waals surface area contributed by atoms with E-state index in [1.165, 1.54) is 6.07 Å². The first-order valence-corrected chi connectivity index (χ1v) is 7.05. The predicted octanol–water partition coefficient (Wildman–Crippen LogP) is 4.41. The minimum atomic E-state index is -4.13. The lowest BCUT2D eigenvalue weighted by Crippen LogP contribution is -2.25. The Labute approximate surface area is 127 Å². The lowest BCUT2D eigenvalue weighted by Gasteiger charge is -2.08. The molecule has 2 nitrogen and oxygen atoms in total. The number of carbonyl (C=O) groups excluding carboxylic acids is 1. The summed E-state index contributed by atoms with van der Waals surface area (Å²) in [5, 5.41) is 3.03. The number of nitrogens with one attached hydrogen (secondary N) is 1. The van der Waals surface area contributed by atoms with Gasteiger partial charge in [0.15, 0.2) is 0 Å². The van der Waals surface area contributed by atoms with Gasteiger partial charge in [0.25, 0.3) is 5.91 Å². The first-order chi connectivity index (χ1) is 8.79. The van der Waals surface area contributed by atoms with E-state index in [0.29, 0.717) is 17.0 Å². The molecule has 1 amide bonds. The van der Waals surface area contributed by atoms with E-state index >= 15 is 0 Å². The lowest BCUT2D eigenvalue weighted by atomic mass is 10.2. The van der Waals surface area contributed by atoms with E-state index in [1.807, 2.05) is 22.6 Å². The second-order valence-electron chi connectivity index (χ2n) is 3.95. The third kappa shape index (κ3) is 6.47. The zero-order valence-corrected chi connectivity index (χ0v) is 12.8. The number of hydrogen-bond donors (Lipinski definition) is 1. The number of benzene rings is 1. The molecule has 0 radical (unpaired) electrons. The van der Waals surface area contributed by atoms with Gasteiger partial charge in [-0.1, -0.05) is 11.6 Å². The molecule has 0 unspecified atom stereocenters. The van der Waals surface area contributed by atoms with Gasteiger partial charge in [-0.15, -0.1) is 0 Å². The molecule has 0 saturated heterocycles. The van der Waals surface area contributed by atoms with Gasteiger partial charge >= 0.3 is 6.18 Å². The Kier molecular flexibility index (Phi) is 6.38. The molecular formula is C12H12ClF3INO. The molecule has 1 aromatic carbocycles. The van der Waals surface area contributed by atoms with Crippen molar-refractivity contribution in [3.05, 3.63) is 32.4 Å². The van der Waals surface area contributed by atoms with Crippen molar-refractivity contribution in [1.82, 2.24) is 5.32 Å². The molecule has 19 heavy (non-hydrogen) atoms. The Morgan fingerprint density at radius 2 is 2.00 bits per heavy atom. The van der Waals surface area contributed by atoms with Crippen LogP contribution in [0.4, 0.5) is 13.2 Å². The van der Waals surface area contributed by atoms with E-state index in [1.54, 1.807) is 12.1 Å². The van der Waals surface area contributed by atoms with Gasteiger partial charge in [0.05, 0.1) is 5.56 Å². The zero-order valence-electron chi connectivity index (χ0n) is 9.86. The van der Waals surface area contributed by atoms with E-state index in [4.69, 9.17) is 11.6 Å². The van der Waals surface area contributed by atoms with Gasteiger partial charge in [0, 0.05) is 21.6 Å². The van der Waals surface area contributed by atoms with Gasteiger partial charge in [-0.25, -0.2) is 0 Å². The largest absolute Gasteiger partial charge is 0.389 e. The SMILES string of the molecule is O=C(NCCCCC(F)(F)F)c1cc(Cl)ccc1I. The first-order valence-electron chi connectivity index (χ1n) is 5.59. The van der Waals surface area contributed by atoms with Gasteiger partial charge in [-0.2, -0.15) is 13.2 Å². The summed E-state index contributed by atoms with van der Waals surface area (Å²) in [5.41, 5.74) is 0.434. The maximum atomic E-state index is 11.9. The fourth-order valence-electron chi connectivity index (χ4n) is 1.42. The highest BCUT2D eigenvalue weighted by Crippen LogP contribution is 2.22. The van der Waals surface area contributed by atoms with Crippen LogP contribution < -0.4 is 5.32 Å². The summed E-state index contributed by atoms with van der Waals surface area (Å²) in [5.74, 6) is -0.320. The third-order valence-electron chi connectivity index (χ3n) is 2.35. The molecule has 0 spiro atoms. The fraction of sp³-hybridized carbons (Fsp3) is 0.417. The highest BCUT2D eigenvalue weighted by atomic mass is 127. The Balaban J connectivity index is 2.38. The van der Waals surface area contributed by atoms with Crippen LogP contribution in [0.25, 0.3) is 0 Å². The molecule has 0 aromatic heterocycles. The zero-order chi connectivity index (χ0) is 14.5. The number of alkyl halides is 3. The average molecular weight is 406 g/mol. The summed E-state index contributed by atoms with van der Waals surface area (Å²) in [6.07, 6.45) is -4.65. The summed E-state index contributed by atoms with van der Waals surface area (Å²) in [7, 11) is 0. The van der Waals surface area contributed by atoms with Crippen LogP contribution in [0.3, 0.4) is 0 Å². The minimum absolute atomic E-state index is 0.0103. The van der Waals surface area contributed by atoms with Crippen molar-refractivity contribution in [3.8, 4) is 0 Å². The third-order valence-corrected chi connectivity index (χ3v) is 3.52. The lowest BCUT2D eigenvalue weighted by molar-refractivity contribution is -0.135. The molecule has 0 heterocycles. The molecule has 0 aliphatic heterocycles. The topological polar surface area (TPSA) is 29.1 Å². The van der Waals surface area contributed by atoms with Crippen molar-refractivity contribution in [1.29, 1.82) is 0 Å². The highest BCUT2D eigenvalue weighted by molar-refractivity contribution is 14.1. The molecule has 0 fully saturated rings. The number of carbonyl (C=O) groups is 1. The molecule has 7 heteroatoms. The van der Waals surface area contributed by atoms with Gasteiger partial charge in [-0.05, 0) is 53.6 Å². The Morgan fingerprint density at radius 1 is 1.32 bits per heavy atom. The quantitative estimate of drug-likeness (QED) is 0.571. The average Bonchev–Trinajstić information content (AvgIpc) is 2.30. The van der Waals surface area contributed by atoms with Crippen LogP contribution in [0, 0.1) is 3.57 Å². The van der Waals surface area contributed by atoms with Crippen molar-refractivity contribution >= 4 is 40.1 Å². The van der Waals surface area contributed by atoms with E-state index < -0.39 is 12.6 Å². The van der Waals surface area contributed by atoms with Crippen molar-refractivity contribution in [2.75, 3.05) is 6.54 Å². The molecule has 0 bridgehead atoms. The standard InChI is InChI=1S/C12H12ClF3INO/c13-8-3-4-10(17)9(7-8)11(19)18-6-2-1-5-12(14,15)16/h3-4,7H,1-2,5-6H2,(H,18,19). The molecule has 0 atom stereocenters. The fourth-order valence-corrected chi connectivity index (χ4v) is 2.17. The number of amides is 1. The van der Waals surface area contributed by atoms with Crippen LogP contribution in [0.5, 0.6) is 0 Å². The van der Waals surface area contributed by atoms with Crippen LogP contribution in [-0.2, 0) is 0 Å². The molecule has 1 aromatic rings. The van der Waals surface area contributed by atoms with Gasteiger partial charge in [-0.3, -0.25) is 4.79 Å².